The molecule has 0 aliphatic carbocycles. The number of halogens is 3. The summed E-state index contributed by atoms with van der Waals surface area (Å²) in [5.41, 5.74) is 0.793. The normalized spacial score (nSPS) is 11.0. The van der Waals surface area contributed by atoms with Crippen LogP contribution in [0, 0.1) is 0 Å². The summed E-state index contributed by atoms with van der Waals surface area (Å²) in [6, 6.07) is 8.50. The van der Waals surface area contributed by atoms with Crippen molar-refractivity contribution in [3.05, 3.63) is 54.4 Å². The predicted molar refractivity (Wildman–Crippen MR) is 78.1 cm³/mol. The molecule has 1 aromatic heterocycles. The van der Waals surface area contributed by atoms with Gasteiger partial charge in [0.15, 0.2) is 0 Å². The van der Waals surface area contributed by atoms with Crippen molar-refractivity contribution in [2.75, 3.05) is 17.3 Å². The Hall–Kier alpha value is -2.90. The van der Waals surface area contributed by atoms with E-state index in [1.165, 1.54) is 35.4 Å². The van der Waals surface area contributed by atoms with Crippen molar-refractivity contribution < 1.29 is 22.8 Å². The third-order valence-electron chi connectivity index (χ3n) is 2.99. The topological polar surface area (TPSA) is 62.3 Å². The number of hydrogen-bond donors (Lipinski definition) is 1. The van der Waals surface area contributed by atoms with Gasteiger partial charge in [-0.1, -0.05) is 0 Å². The van der Waals surface area contributed by atoms with Gasteiger partial charge in [0.1, 0.15) is 0 Å². The molecular formula is C15H12F3N3O2. The summed E-state index contributed by atoms with van der Waals surface area (Å²) < 4.78 is 36.5. The van der Waals surface area contributed by atoms with E-state index in [1.54, 1.807) is 30.7 Å². The summed E-state index contributed by atoms with van der Waals surface area (Å²) in [6.45, 7) is 0. The Kier molecular flexibility index (Phi) is 4.63. The standard InChI is InChI=1S/C15H12F3N3O2/c1-21(12-3-2-8-19-9-12)13(22)10-4-6-11(7-5-10)20-14(23)15(16,17)18/h2-9H,1H3,(H,20,23). The SMILES string of the molecule is CN(C(=O)c1ccc(NC(=O)C(F)(F)F)cc1)c1cccnc1. The Labute approximate surface area is 129 Å². The number of nitrogens with zero attached hydrogens (tertiary/aromatic N) is 2. The second-order valence-electron chi connectivity index (χ2n) is 4.60. The molecule has 2 aromatic rings. The second kappa shape index (κ2) is 6.47. The van der Waals surface area contributed by atoms with Gasteiger partial charge in [-0.2, -0.15) is 13.2 Å². The molecule has 5 nitrogen and oxygen atoms in total. The van der Waals surface area contributed by atoms with Gasteiger partial charge in [-0.25, -0.2) is 0 Å². The Morgan fingerprint density at radius 2 is 1.78 bits per heavy atom. The van der Waals surface area contributed by atoms with Crippen LogP contribution in [0.4, 0.5) is 24.5 Å². The zero-order valence-corrected chi connectivity index (χ0v) is 12.0. The highest BCUT2D eigenvalue weighted by Gasteiger charge is 2.38. The van der Waals surface area contributed by atoms with E-state index in [2.05, 4.69) is 4.98 Å². The van der Waals surface area contributed by atoms with Crippen molar-refractivity contribution in [2.45, 2.75) is 6.18 Å². The van der Waals surface area contributed by atoms with E-state index in [4.69, 9.17) is 0 Å². The highest BCUT2D eigenvalue weighted by molar-refractivity contribution is 6.06. The van der Waals surface area contributed by atoms with Gasteiger partial charge in [-0.3, -0.25) is 14.6 Å². The van der Waals surface area contributed by atoms with Gasteiger partial charge < -0.3 is 10.2 Å². The fraction of sp³-hybridized carbons (Fsp3) is 0.133. The second-order valence-corrected chi connectivity index (χ2v) is 4.60. The van der Waals surface area contributed by atoms with Crippen molar-refractivity contribution in [3.8, 4) is 0 Å². The Morgan fingerprint density at radius 3 is 2.30 bits per heavy atom. The number of benzene rings is 1. The zero-order chi connectivity index (χ0) is 17.0. The molecule has 0 atom stereocenters. The molecule has 1 aromatic carbocycles. The number of alkyl halides is 3. The molecule has 2 amide bonds. The fourth-order valence-corrected chi connectivity index (χ4v) is 1.76. The summed E-state index contributed by atoms with van der Waals surface area (Å²) in [5.74, 6) is -2.42. The molecule has 0 aliphatic rings. The smallest absolute Gasteiger partial charge is 0.318 e. The maximum absolute atomic E-state index is 12.3. The molecule has 120 valence electrons. The van der Waals surface area contributed by atoms with Crippen molar-refractivity contribution >= 4 is 23.2 Å². The van der Waals surface area contributed by atoms with Crippen molar-refractivity contribution in [3.63, 3.8) is 0 Å². The van der Waals surface area contributed by atoms with Crippen LogP contribution in [-0.4, -0.2) is 30.0 Å². The van der Waals surface area contributed by atoms with Crippen LogP contribution in [0.1, 0.15) is 10.4 Å². The van der Waals surface area contributed by atoms with Crippen LogP contribution in [0.15, 0.2) is 48.8 Å². The van der Waals surface area contributed by atoms with Crippen LogP contribution in [-0.2, 0) is 4.79 Å². The van der Waals surface area contributed by atoms with E-state index in [0.717, 1.165) is 0 Å². The summed E-state index contributed by atoms with van der Waals surface area (Å²) in [7, 11) is 1.55. The minimum atomic E-state index is -4.96. The first-order valence-corrected chi connectivity index (χ1v) is 6.45. The molecule has 0 spiro atoms. The van der Waals surface area contributed by atoms with E-state index in [0.29, 0.717) is 5.69 Å². The lowest BCUT2D eigenvalue weighted by Gasteiger charge is -2.17. The molecule has 23 heavy (non-hydrogen) atoms. The predicted octanol–water partition coefficient (Wildman–Crippen LogP) is 2.86. The molecule has 8 heteroatoms. The quantitative estimate of drug-likeness (QED) is 0.945. The lowest BCUT2D eigenvalue weighted by molar-refractivity contribution is -0.167. The maximum atomic E-state index is 12.3. The van der Waals surface area contributed by atoms with Gasteiger partial charge in [-0.15, -0.1) is 0 Å². The fourth-order valence-electron chi connectivity index (χ4n) is 1.76. The number of rotatable bonds is 3. The maximum Gasteiger partial charge on any atom is 0.471 e. The number of amides is 2. The van der Waals surface area contributed by atoms with Gasteiger partial charge in [0.25, 0.3) is 5.91 Å². The van der Waals surface area contributed by atoms with Crippen LogP contribution in [0.25, 0.3) is 0 Å². The minimum Gasteiger partial charge on any atom is -0.318 e. The van der Waals surface area contributed by atoms with Crippen LogP contribution < -0.4 is 10.2 Å². The van der Waals surface area contributed by atoms with Crippen LogP contribution >= 0.6 is 0 Å². The van der Waals surface area contributed by atoms with E-state index >= 15 is 0 Å². The van der Waals surface area contributed by atoms with Gasteiger partial charge >= 0.3 is 12.1 Å². The van der Waals surface area contributed by atoms with Gasteiger partial charge in [0.05, 0.1) is 11.9 Å². The Bertz CT molecular complexity index is 700. The number of carbonyl (C=O) groups is 2. The van der Waals surface area contributed by atoms with E-state index in [-0.39, 0.29) is 17.2 Å². The van der Waals surface area contributed by atoms with Crippen molar-refractivity contribution in [2.24, 2.45) is 0 Å². The molecule has 0 radical (unpaired) electrons. The third-order valence-corrected chi connectivity index (χ3v) is 2.99. The third kappa shape index (κ3) is 4.06. The van der Waals surface area contributed by atoms with E-state index < -0.39 is 12.1 Å². The molecule has 1 N–H and O–H groups in total. The van der Waals surface area contributed by atoms with Crippen molar-refractivity contribution in [1.82, 2.24) is 4.98 Å². The molecule has 2 rings (SSSR count). The zero-order valence-electron chi connectivity index (χ0n) is 12.0. The summed E-state index contributed by atoms with van der Waals surface area (Å²) in [5, 5.41) is 1.71. The summed E-state index contributed by atoms with van der Waals surface area (Å²) >= 11 is 0. The van der Waals surface area contributed by atoms with Crippen LogP contribution in [0.2, 0.25) is 0 Å². The lowest BCUT2D eigenvalue weighted by atomic mass is 10.1. The molecule has 0 fully saturated rings. The number of hydrogen-bond acceptors (Lipinski definition) is 3. The van der Waals surface area contributed by atoms with Gasteiger partial charge in [0, 0.05) is 24.5 Å². The monoisotopic (exact) mass is 323 g/mol. The van der Waals surface area contributed by atoms with Gasteiger partial charge in [0.2, 0.25) is 0 Å². The molecular weight excluding hydrogens is 311 g/mol. The van der Waals surface area contributed by atoms with Crippen molar-refractivity contribution in [1.29, 1.82) is 0 Å². The highest BCUT2D eigenvalue weighted by Crippen LogP contribution is 2.19. The largest absolute Gasteiger partial charge is 0.471 e. The van der Waals surface area contributed by atoms with Crippen LogP contribution in [0.3, 0.4) is 0 Å². The number of anilines is 2. The number of aromatic nitrogens is 1. The average Bonchev–Trinajstić information content (AvgIpc) is 2.54. The number of nitrogens with one attached hydrogen (secondary N) is 1. The first kappa shape index (κ1) is 16.5. The molecule has 0 unspecified atom stereocenters. The minimum absolute atomic E-state index is 0.0482. The molecule has 0 saturated heterocycles. The average molecular weight is 323 g/mol. The first-order valence-electron chi connectivity index (χ1n) is 6.45. The molecule has 0 bridgehead atoms. The molecule has 1 heterocycles. The van der Waals surface area contributed by atoms with Gasteiger partial charge in [-0.05, 0) is 36.4 Å². The Balaban J connectivity index is 2.10. The highest BCUT2D eigenvalue weighted by atomic mass is 19.4. The van der Waals surface area contributed by atoms with E-state index in [1.807, 2.05) is 0 Å². The number of carbonyl (C=O) groups excluding carboxylic acids is 2. The van der Waals surface area contributed by atoms with E-state index in [9.17, 15) is 22.8 Å². The summed E-state index contributed by atoms with van der Waals surface area (Å²) in [6.07, 6.45) is -1.88. The first-order chi connectivity index (χ1) is 10.8. The molecule has 0 aliphatic heterocycles. The summed E-state index contributed by atoms with van der Waals surface area (Å²) in [4.78, 5) is 28.4. The Morgan fingerprint density at radius 1 is 1.13 bits per heavy atom. The van der Waals surface area contributed by atoms with Crippen LogP contribution in [0.5, 0.6) is 0 Å². The lowest BCUT2D eigenvalue weighted by Crippen LogP contribution is -2.30. The molecule has 0 saturated carbocycles. The number of pyridine rings is 1.